The van der Waals surface area contributed by atoms with Crippen LogP contribution in [0.25, 0.3) is 0 Å². The molecule has 0 saturated heterocycles. The van der Waals surface area contributed by atoms with Crippen molar-refractivity contribution in [2.75, 3.05) is 20.8 Å². The Morgan fingerprint density at radius 3 is 2.00 bits per heavy atom. The summed E-state index contributed by atoms with van der Waals surface area (Å²) in [5.74, 6) is -0.419. The van der Waals surface area contributed by atoms with Gasteiger partial charge in [0.1, 0.15) is 0 Å². The van der Waals surface area contributed by atoms with Gasteiger partial charge >= 0.3 is 0 Å². The van der Waals surface area contributed by atoms with Crippen LogP contribution in [0.5, 0.6) is 0 Å². The Bertz CT molecular complexity index is 132. The van der Waals surface area contributed by atoms with Crippen LogP contribution in [0.4, 0.5) is 0 Å². The monoisotopic (exact) mass is 160 g/mol. The minimum Gasteiger partial charge on any atom is -0.396 e. The molecule has 0 amide bonds. The van der Waals surface area contributed by atoms with Crippen molar-refractivity contribution in [2.45, 2.75) is 25.6 Å². The van der Waals surface area contributed by atoms with Crippen LogP contribution in [0.2, 0.25) is 0 Å². The number of methoxy groups -OCH3 is 2. The Labute approximate surface area is 67.3 Å². The quantitative estimate of drug-likeness (QED) is 0.620. The standard InChI is InChI=1S/C8H16O3/c1-7(6-9)4-8(5-7,10-2)11-3/h9H,4-6H2,1-3H3. The first kappa shape index (κ1) is 8.97. The molecule has 1 N–H and O–H groups in total. The normalized spacial score (nSPS) is 26.2. The predicted molar refractivity (Wildman–Crippen MR) is 41.2 cm³/mol. The zero-order chi connectivity index (χ0) is 8.54. The molecule has 0 unspecified atom stereocenters. The minimum absolute atomic E-state index is 0.00597. The summed E-state index contributed by atoms with van der Waals surface area (Å²) in [7, 11) is 3.28. The van der Waals surface area contributed by atoms with Crippen molar-refractivity contribution < 1.29 is 14.6 Å². The van der Waals surface area contributed by atoms with E-state index < -0.39 is 5.79 Å². The van der Waals surface area contributed by atoms with E-state index in [0.717, 1.165) is 12.8 Å². The van der Waals surface area contributed by atoms with Gasteiger partial charge in [0.2, 0.25) is 0 Å². The average molecular weight is 160 g/mol. The van der Waals surface area contributed by atoms with Gasteiger partial charge < -0.3 is 14.6 Å². The molecule has 0 aromatic heterocycles. The lowest BCUT2D eigenvalue weighted by molar-refractivity contribution is -0.298. The highest BCUT2D eigenvalue weighted by Crippen LogP contribution is 2.49. The highest BCUT2D eigenvalue weighted by molar-refractivity contribution is 4.96. The molecule has 3 nitrogen and oxygen atoms in total. The molecule has 0 heterocycles. The molecule has 0 aliphatic heterocycles. The largest absolute Gasteiger partial charge is 0.396 e. The van der Waals surface area contributed by atoms with Gasteiger partial charge in [-0.2, -0.15) is 0 Å². The van der Waals surface area contributed by atoms with Crippen LogP contribution in [-0.2, 0) is 9.47 Å². The van der Waals surface area contributed by atoms with Gasteiger partial charge in [-0.25, -0.2) is 0 Å². The molecule has 1 aliphatic rings. The van der Waals surface area contributed by atoms with E-state index in [2.05, 4.69) is 0 Å². The molecule has 0 spiro atoms. The van der Waals surface area contributed by atoms with Crippen molar-refractivity contribution in [3.05, 3.63) is 0 Å². The Balaban J connectivity index is 2.47. The first-order chi connectivity index (χ1) is 5.10. The maximum atomic E-state index is 8.96. The lowest BCUT2D eigenvalue weighted by Gasteiger charge is -2.51. The van der Waals surface area contributed by atoms with Gasteiger partial charge in [-0.15, -0.1) is 0 Å². The molecule has 1 aliphatic carbocycles. The SMILES string of the molecule is COC1(OC)CC(C)(CO)C1. The van der Waals surface area contributed by atoms with Crippen LogP contribution >= 0.6 is 0 Å². The third-order valence-corrected chi connectivity index (χ3v) is 2.52. The summed E-state index contributed by atoms with van der Waals surface area (Å²) in [6.07, 6.45) is 1.56. The minimum atomic E-state index is -0.419. The van der Waals surface area contributed by atoms with Gasteiger partial charge in [-0.3, -0.25) is 0 Å². The van der Waals surface area contributed by atoms with Gasteiger partial charge in [0.05, 0.1) is 0 Å². The lowest BCUT2D eigenvalue weighted by Crippen LogP contribution is -2.54. The molecule has 0 atom stereocenters. The summed E-state index contributed by atoms with van der Waals surface area (Å²) >= 11 is 0. The number of ether oxygens (including phenoxy) is 2. The number of aliphatic hydroxyl groups excluding tert-OH is 1. The van der Waals surface area contributed by atoms with E-state index in [0.29, 0.717) is 0 Å². The number of hydrogen-bond donors (Lipinski definition) is 1. The predicted octanol–water partition coefficient (Wildman–Crippen LogP) is 0.768. The van der Waals surface area contributed by atoms with E-state index in [9.17, 15) is 0 Å². The fourth-order valence-corrected chi connectivity index (χ4v) is 1.73. The summed E-state index contributed by atoms with van der Waals surface area (Å²) in [5.41, 5.74) is 0.00597. The Kier molecular flexibility index (Phi) is 2.23. The smallest absolute Gasteiger partial charge is 0.168 e. The summed E-state index contributed by atoms with van der Waals surface area (Å²) < 4.78 is 10.4. The molecule has 1 rings (SSSR count). The van der Waals surface area contributed by atoms with Crippen molar-refractivity contribution >= 4 is 0 Å². The van der Waals surface area contributed by atoms with Gasteiger partial charge in [0.15, 0.2) is 5.79 Å². The van der Waals surface area contributed by atoms with Gasteiger partial charge in [-0.05, 0) is 0 Å². The van der Waals surface area contributed by atoms with E-state index in [1.807, 2.05) is 6.92 Å². The maximum Gasteiger partial charge on any atom is 0.168 e. The summed E-state index contributed by atoms with van der Waals surface area (Å²) in [4.78, 5) is 0. The fourth-order valence-electron chi connectivity index (χ4n) is 1.73. The van der Waals surface area contributed by atoms with E-state index in [-0.39, 0.29) is 12.0 Å². The number of hydrogen-bond acceptors (Lipinski definition) is 3. The Morgan fingerprint density at radius 1 is 1.27 bits per heavy atom. The molecule has 0 bridgehead atoms. The third-order valence-electron chi connectivity index (χ3n) is 2.52. The van der Waals surface area contributed by atoms with Crippen LogP contribution in [0, 0.1) is 5.41 Å². The van der Waals surface area contributed by atoms with Crippen molar-refractivity contribution in [3.8, 4) is 0 Å². The molecule has 1 saturated carbocycles. The second-order valence-corrected chi connectivity index (χ2v) is 3.64. The van der Waals surface area contributed by atoms with Crippen molar-refractivity contribution in [2.24, 2.45) is 5.41 Å². The molecular weight excluding hydrogens is 144 g/mol. The molecule has 11 heavy (non-hydrogen) atoms. The van der Waals surface area contributed by atoms with Crippen LogP contribution < -0.4 is 0 Å². The molecule has 66 valence electrons. The van der Waals surface area contributed by atoms with Gasteiger partial charge in [0, 0.05) is 39.1 Å². The first-order valence-electron chi connectivity index (χ1n) is 3.81. The third kappa shape index (κ3) is 1.41. The van der Waals surface area contributed by atoms with Gasteiger partial charge in [-0.1, -0.05) is 6.92 Å². The summed E-state index contributed by atoms with van der Waals surface area (Å²) in [6.45, 7) is 2.24. The highest BCUT2D eigenvalue weighted by atomic mass is 16.7. The van der Waals surface area contributed by atoms with E-state index in [4.69, 9.17) is 14.6 Å². The zero-order valence-corrected chi connectivity index (χ0v) is 7.39. The topological polar surface area (TPSA) is 38.7 Å². The molecular formula is C8H16O3. The van der Waals surface area contributed by atoms with E-state index in [1.165, 1.54) is 0 Å². The molecule has 0 aromatic rings. The van der Waals surface area contributed by atoms with Crippen molar-refractivity contribution in [1.82, 2.24) is 0 Å². The second kappa shape index (κ2) is 2.73. The molecule has 1 fully saturated rings. The maximum absolute atomic E-state index is 8.96. The second-order valence-electron chi connectivity index (χ2n) is 3.64. The molecule has 0 radical (unpaired) electrons. The average Bonchev–Trinajstić information content (AvgIpc) is 1.98. The fraction of sp³-hybridized carbons (Fsp3) is 1.00. The van der Waals surface area contributed by atoms with Crippen LogP contribution in [-0.4, -0.2) is 31.7 Å². The lowest BCUT2D eigenvalue weighted by atomic mass is 9.66. The van der Waals surface area contributed by atoms with Crippen molar-refractivity contribution in [1.29, 1.82) is 0 Å². The van der Waals surface area contributed by atoms with Crippen molar-refractivity contribution in [3.63, 3.8) is 0 Å². The Morgan fingerprint density at radius 2 is 1.73 bits per heavy atom. The summed E-state index contributed by atoms with van der Waals surface area (Å²) in [6, 6.07) is 0. The van der Waals surface area contributed by atoms with Gasteiger partial charge in [0.25, 0.3) is 0 Å². The molecule has 0 aromatic carbocycles. The van der Waals surface area contributed by atoms with Crippen LogP contribution in [0.1, 0.15) is 19.8 Å². The van der Waals surface area contributed by atoms with Crippen LogP contribution in [0.3, 0.4) is 0 Å². The number of rotatable bonds is 3. The number of aliphatic hydroxyl groups is 1. The highest BCUT2D eigenvalue weighted by Gasteiger charge is 2.52. The summed E-state index contributed by atoms with van der Waals surface area (Å²) in [5, 5.41) is 8.96. The molecule has 3 heteroatoms. The van der Waals surface area contributed by atoms with Crippen LogP contribution in [0.15, 0.2) is 0 Å². The van der Waals surface area contributed by atoms with E-state index >= 15 is 0 Å². The Hall–Kier alpha value is -0.120. The first-order valence-corrected chi connectivity index (χ1v) is 3.81. The van der Waals surface area contributed by atoms with E-state index in [1.54, 1.807) is 14.2 Å². The zero-order valence-electron chi connectivity index (χ0n) is 7.39.